The standard InChI is InChI=1S/C19H26N2O2/c22-14-20-12-19(13-20)8-5-16(11-19)21-9-6-15(7-10-21)17-3-1-2-4-18(17)23/h1-4,14-16,23H,5-13H2. The van der Waals surface area contributed by atoms with Crippen LogP contribution in [-0.2, 0) is 4.79 Å². The molecule has 1 unspecified atom stereocenters. The molecule has 2 heterocycles. The lowest BCUT2D eigenvalue weighted by Crippen LogP contribution is -2.55. The number of aromatic hydroxyl groups is 1. The Labute approximate surface area is 138 Å². The Morgan fingerprint density at radius 1 is 1.13 bits per heavy atom. The molecule has 2 saturated heterocycles. The van der Waals surface area contributed by atoms with E-state index in [9.17, 15) is 9.90 Å². The molecular formula is C19H26N2O2. The van der Waals surface area contributed by atoms with Crippen molar-refractivity contribution in [2.45, 2.75) is 44.1 Å². The van der Waals surface area contributed by atoms with Crippen molar-refractivity contribution in [2.75, 3.05) is 26.2 Å². The molecule has 1 saturated carbocycles. The predicted molar refractivity (Wildman–Crippen MR) is 89.4 cm³/mol. The van der Waals surface area contributed by atoms with Crippen LogP contribution in [0, 0.1) is 5.41 Å². The van der Waals surface area contributed by atoms with E-state index >= 15 is 0 Å². The summed E-state index contributed by atoms with van der Waals surface area (Å²) in [6.45, 7) is 4.22. The van der Waals surface area contributed by atoms with Gasteiger partial charge < -0.3 is 14.9 Å². The average molecular weight is 314 g/mol. The highest BCUT2D eigenvalue weighted by molar-refractivity contribution is 5.49. The first-order valence-corrected chi connectivity index (χ1v) is 8.90. The van der Waals surface area contributed by atoms with Crippen LogP contribution in [0.4, 0.5) is 0 Å². The molecule has 1 amide bonds. The van der Waals surface area contributed by atoms with Crippen LogP contribution < -0.4 is 0 Å². The fourth-order valence-electron chi connectivity index (χ4n) is 5.07. The smallest absolute Gasteiger partial charge is 0.209 e. The topological polar surface area (TPSA) is 43.8 Å². The van der Waals surface area contributed by atoms with E-state index in [2.05, 4.69) is 11.0 Å². The van der Waals surface area contributed by atoms with Crippen LogP contribution >= 0.6 is 0 Å². The van der Waals surface area contributed by atoms with E-state index in [0.717, 1.165) is 51.0 Å². The molecule has 2 aliphatic heterocycles. The number of phenolic OH excluding ortho intramolecular Hbond substituents is 1. The number of phenols is 1. The second-order valence-electron chi connectivity index (χ2n) is 7.78. The highest BCUT2D eigenvalue weighted by atomic mass is 16.3. The summed E-state index contributed by atoms with van der Waals surface area (Å²) in [6.07, 6.45) is 7.10. The summed E-state index contributed by atoms with van der Waals surface area (Å²) in [5.74, 6) is 0.950. The molecule has 1 N–H and O–H groups in total. The molecule has 4 nitrogen and oxygen atoms in total. The van der Waals surface area contributed by atoms with Gasteiger partial charge in [0.2, 0.25) is 6.41 Å². The molecule has 3 aliphatic rings. The minimum atomic E-state index is 0.431. The SMILES string of the molecule is O=CN1CC2(CCC(N3CCC(c4ccccc4O)CC3)C2)C1. The molecule has 1 aliphatic carbocycles. The maximum Gasteiger partial charge on any atom is 0.209 e. The third-order valence-corrected chi connectivity index (χ3v) is 6.33. The minimum absolute atomic E-state index is 0.431. The number of benzene rings is 1. The molecule has 23 heavy (non-hydrogen) atoms. The van der Waals surface area contributed by atoms with Crippen molar-refractivity contribution in [3.63, 3.8) is 0 Å². The number of rotatable bonds is 3. The van der Waals surface area contributed by atoms with Gasteiger partial charge in [-0.1, -0.05) is 18.2 Å². The van der Waals surface area contributed by atoms with Crippen LogP contribution in [0.3, 0.4) is 0 Å². The zero-order valence-corrected chi connectivity index (χ0v) is 13.7. The summed E-state index contributed by atoms with van der Waals surface area (Å²) in [5.41, 5.74) is 1.55. The second-order valence-corrected chi connectivity index (χ2v) is 7.78. The molecule has 4 heteroatoms. The van der Waals surface area contributed by atoms with Gasteiger partial charge in [-0.3, -0.25) is 4.79 Å². The van der Waals surface area contributed by atoms with Crippen LogP contribution in [0.5, 0.6) is 5.75 Å². The summed E-state index contributed by atoms with van der Waals surface area (Å²) in [7, 11) is 0. The Bertz CT molecular complexity index is 574. The number of para-hydroxylation sites is 1. The number of hydrogen-bond acceptors (Lipinski definition) is 3. The number of likely N-dealkylation sites (tertiary alicyclic amines) is 2. The van der Waals surface area contributed by atoms with Gasteiger partial charge in [0.15, 0.2) is 0 Å². The minimum Gasteiger partial charge on any atom is -0.508 e. The maximum atomic E-state index is 10.8. The third-order valence-electron chi connectivity index (χ3n) is 6.33. The first-order chi connectivity index (χ1) is 11.2. The van der Waals surface area contributed by atoms with Crippen molar-refractivity contribution in [1.29, 1.82) is 0 Å². The molecule has 0 radical (unpaired) electrons. The highest BCUT2D eigenvalue weighted by Gasteiger charge is 2.49. The van der Waals surface area contributed by atoms with Gasteiger partial charge in [-0.2, -0.15) is 0 Å². The number of carbonyl (C=O) groups is 1. The summed E-state index contributed by atoms with van der Waals surface area (Å²) in [5, 5.41) is 10.0. The van der Waals surface area contributed by atoms with Crippen molar-refractivity contribution in [3.8, 4) is 5.75 Å². The van der Waals surface area contributed by atoms with E-state index in [1.807, 2.05) is 17.0 Å². The van der Waals surface area contributed by atoms with E-state index in [1.165, 1.54) is 19.3 Å². The highest BCUT2D eigenvalue weighted by Crippen LogP contribution is 2.47. The van der Waals surface area contributed by atoms with E-state index in [-0.39, 0.29) is 0 Å². The molecule has 3 fully saturated rings. The second kappa shape index (κ2) is 5.82. The first kappa shape index (κ1) is 15.0. The van der Waals surface area contributed by atoms with Gasteiger partial charge in [0.25, 0.3) is 0 Å². The van der Waals surface area contributed by atoms with Crippen molar-refractivity contribution in [3.05, 3.63) is 29.8 Å². The summed E-state index contributed by atoms with van der Waals surface area (Å²) >= 11 is 0. The van der Waals surface area contributed by atoms with E-state index < -0.39 is 0 Å². The fourth-order valence-corrected chi connectivity index (χ4v) is 5.07. The first-order valence-electron chi connectivity index (χ1n) is 8.90. The Balaban J connectivity index is 1.32. The van der Waals surface area contributed by atoms with Gasteiger partial charge in [-0.05, 0) is 62.7 Å². The molecule has 1 aromatic carbocycles. The van der Waals surface area contributed by atoms with Crippen molar-refractivity contribution in [1.82, 2.24) is 9.80 Å². The molecule has 1 aromatic rings. The Hall–Kier alpha value is -1.55. The summed E-state index contributed by atoms with van der Waals surface area (Å²) in [6, 6.07) is 8.50. The molecule has 1 spiro atoms. The van der Waals surface area contributed by atoms with Crippen LogP contribution in [-0.4, -0.2) is 53.5 Å². The molecule has 4 rings (SSSR count). The van der Waals surface area contributed by atoms with Gasteiger partial charge in [0.05, 0.1) is 0 Å². The van der Waals surface area contributed by atoms with Crippen LogP contribution in [0.1, 0.15) is 43.6 Å². The lowest BCUT2D eigenvalue weighted by molar-refractivity contribution is -0.129. The largest absolute Gasteiger partial charge is 0.508 e. The van der Waals surface area contributed by atoms with E-state index in [4.69, 9.17) is 0 Å². The third kappa shape index (κ3) is 2.74. The number of piperidine rings is 1. The molecule has 1 atom stereocenters. The van der Waals surface area contributed by atoms with Gasteiger partial charge in [-0.25, -0.2) is 0 Å². The molecule has 0 bridgehead atoms. The normalized spacial score (nSPS) is 28.0. The van der Waals surface area contributed by atoms with E-state index in [1.54, 1.807) is 6.07 Å². The molecule has 124 valence electrons. The van der Waals surface area contributed by atoms with Gasteiger partial charge in [0.1, 0.15) is 5.75 Å². The Morgan fingerprint density at radius 2 is 1.87 bits per heavy atom. The van der Waals surface area contributed by atoms with Crippen LogP contribution in [0.2, 0.25) is 0 Å². The number of carbonyl (C=O) groups excluding carboxylic acids is 1. The summed E-state index contributed by atoms with van der Waals surface area (Å²) in [4.78, 5) is 15.4. The number of nitrogens with zero attached hydrogens (tertiary/aromatic N) is 2. The zero-order valence-electron chi connectivity index (χ0n) is 13.7. The van der Waals surface area contributed by atoms with Crippen LogP contribution in [0.25, 0.3) is 0 Å². The van der Waals surface area contributed by atoms with E-state index in [0.29, 0.717) is 23.1 Å². The van der Waals surface area contributed by atoms with Crippen molar-refractivity contribution >= 4 is 6.41 Å². The molecule has 0 aromatic heterocycles. The maximum absolute atomic E-state index is 10.8. The zero-order chi connectivity index (χ0) is 15.9. The number of hydrogen-bond donors (Lipinski definition) is 1. The van der Waals surface area contributed by atoms with Crippen molar-refractivity contribution in [2.24, 2.45) is 5.41 Å². The van der Waals surface area contributed by atoms with Crippen LogP contribution in [0.15, 0.2) is 24.3 Å². The Morgan fingerprint density at radius 3 is 2.57 bits per heavy atom. The lowest BCUT2D eigenvalue weighted by atomic mass is 9.78. The summed E-state index contributed by atoms with van der Waals surface area (Å²) < 4.78 is 0. The van der Waals surface area contributed by atoms with Gasteiger partial charge >= 0.3 is 0 Å². The quantitative estimate of drug-likeness (QED) is 0.872. The van der Waals surface area contributed by atoms with Crippen molar-refractivity contribution < 1.29 is 9.90 Å². The molecular weight excluding hydrogens is 288 g/mol. The van der Waals surface area contributed by atoms with Gasteiger partial charge in [-0.15, -0.1) is 0 Å². The predicted octanol–water partition coefficient (Wildman–Crippen LogP) is 2.58. The monoisotopic (exact) mass is 314 g/mol. The average Bonchev–Trinajstić information content (AvgIpc) is 2.99. The Kier molecular flexibility index (Phi) is 3.80. The van der Waals surface area contributed by atoms with Gasteiger partial charge in [0, 0.05) is 24.5 Å². The number of amides is 1. The lowest BCUT2D eigenvalue weighted by Gasteiger charge is -2.47. The fraction of sp³-hybridized carbons (Fsp3) is 0.632.